The number of aromatic nitrogens is 2. The number of nitrogens with one attached hydrogen (secondary N) is 1. The van der Waals surface area contributed by atoms with Crippen LogP contribution in [-0.4, -0.2) is 47.8 Å². The van der Waals surface area contributed by atoms with Crippen LogP contribution < -0.4 is 5.32 Å². The van der Waals surface area contributed by atoms with Gasteiger partial charge in [-0.15, -0.1) is 5.10 Å². The highest BCUT2D eigenvalue weighted by Gasteiger charge is 2.18. The Bertz CT molecular complexity index is 1150. The highest BCUT2D eigenvalue weighted by molar-refractivity contribution is 7.89. The topological polar surface area (TPSA) is 149 Å². The number of sulfonamides is 1. The zero-order chi connectivity index (χ0) is 21.2. The predicted molar refractivity (Wildman–Crippen MR) is 102 cm³/mol. The van der Waals surface area contributed by atoms with Gasteiger partial charge in [-0.2, -0.15) is 0 Å². The van der Waals surface area contributed by atoms with Crippen molar-refractivity contribution in [3.8, 4) is 11.5 Å². The summed E-state index contributed by atoms with van der Waals surface area (Å²) in [6.45, 7) is 0. The fraction of sp³-hybridized carbons (Fsp3) is 0.118. The Morgan fingerprint density at radius 1 is 1.07 bits per heavy atom. The van der Waals surface area contributed by atoms with E-state index < -0.39 is 20.9 Å². The van der Waals surface area contributed by atoms with Crippen LogP contribution in [-0.2, 0) is 10.0 Å². The Morgan fingerprint density at radius 2 is 1.69 bits per heavy atom. The van der Waals surface area contributed by atoms with Crippen LogP contribution >= 0.6 is 0 Å². The molecule has 0 aliphatic rings. The zero-order valence-corrected chi connectivity index (χ0v) is 16.1. The van der Waals surface area contributed by atoms with Crippen molar-refractivity contribution in [2.24, 2.45) is 0 Å². The van der Waals surface area contributed by atoms with Gasteiger partial charge in [-0.3, -0.25) is 20.2 Å². The van der Waals surface area contributed by atoms with Gasteiger partial charge in [0.15, 0.2) is 0 Å². The monoisotopic (exact) mass is 417 g/mol. The number of hydrogen-bond donors (Lipinski definition) is 1. The molecule has 3 aromatic rings. The fourth-order valence-corrected chi connectivity index (χ4v) is 3.18. The van der Waals surface area contributed by atoms with E-state index in [4.69, 9.17) is 4.42 Å². The van der Waals surface area contributed by atoms with Crippen LogP contribution in [0.5, 0.6) is 0 Å². The third kappa shape index (κ3) is 4.28. The number of benzene rings is 2. The van der Waals surface area contributed by atoms with Crippen LogP contribution in [0, 0.1) is 10.1 Å². The maximum atomic E-state index is 12.2. The van der Waals surface area contributed by atoms with E-state index in [0.29, 0.717) is 5.56 Å². The average molecular weight is 417 g/mol. The number of rotatable bonds is 6. The number of non-ortho nitro benzene ring substituents is 1. The van der Waals surface area contributed by atoms with E-state index in [1.807, 2.05) is 0 Å². The average Bonchev–Trinajstić information content (AvgIpc) is 3.16. The van der Waals surface area contributed by atoms with Gasteiger partial charge in [-0.1, -0.05) is 5.10 Å². The van der Waals surface area contributed by atoms with Crippen molar-refractivity contribution in [1.82, 2.24) is 14.5 Å². The molecule has 0 radical (unpaired) electrons. The minimum absolute atomic E-state index is 0.0813. The molecule has 29 heavy (non-hydrogen) atoms. The number of nitrogens with zero attached hydrogens (tertiary/aromatic N) is 4. The second kappa shape index (κ2) is 7.77. The Morgan fingerprint density at radius 3 is 2.24 bits per heavy atom. The Labute approximate surface area is 165 Å². The van der Waals surface area contributed by atoms with Crippen LogP contribution in [0.15, 0.2) is 57.8 Å². The summed E-state index contributed by atoms with van der Waals surface area (Å²) in [6, 6.07) is 10.7. The lowest BCUT2D eigenvalue weighted by Gasteiger charge is -2.11. The van der Waals surface area contributed by atoms with Gasteiger partial charge in [0.25, 0.3) is 11.6 Å². The first kappa shape index (κ1) is 20.1. The zero-order valence-electron chi connectivity index (χ0n) is 15.3. The molecule has 1 aromatic heterocycles. The number of hydrogen-bond acceptors (Lipinski definition) is 8. The van der Waals surface area contributed by atoms with Gasteiger partial charge in [0, 0.05) is 37.4 Å². The lowest BCUT2D eigenvalue weighted by Crippen LogP contribution is -2.22. The summed E-state index contributed by atoms with van der Waals surface area (Å²) in [5.41, 5.74) is 0.501. The first-order valence-corrected chi connectivity index (χ1v) is 9.55. The number of nitro groups is 1. The van der Waals surface area contributed by atoms with Crippen molar-refractivity contribution in [2.75, 3.05) is 19.4 Å². The third-order valence-electron chi connectivity index (χ3n) is 3.87. The van der Waals surface area contributed by atoms with Crippen molar-refractivity contribution < 1.29 is 22.6 Å². The molecule has 0 fully saturated rings. The molecular weight excluding hydrogens is 402 g/mol. The molecule has 0 atom stereocenters. The molecule has 1 N–H and O–H groups in total. The summed E-state index contributed by atoms with van der Waals surface area (Å²) in [4.78, 5) is 22.4. The van der Waals surface area contributed by atoms with E-state index >= 15 is 0 Å². The van der Waals surface area contributed by atoms with Gasteiger partial charge >= 0.3 is 6.01 Å². The van der Waals surface area contributed by atoms with Gasteiger partial charge in [-0.05, 0) is 36.4 Å². The fourth-order valence-electron chi connectivity index (χ4n) is 2.27. The molecule has 0 saturated heterocycles. The first-order chi connectivity index (χ1) is 13.7. The van der Waals surface area contributed by atoms with Crippen molar-refractivity contribution >= 4 is 27.6 Å². The number of amides is 1. The number of carbonyl (C=O) groups is 1. The van der Waals surface area contributed by atoms with E-state index in [1.165, 1.54) is 62.6 Å². The van der Waals surface area contributed by atoms with Crippen molar-refractivity contribution in [2.45, 2.75) is 4.90 Å². The highest BCUT2D eigenvalue weighted by atomic mass is 32.2. The molecule has 0 unspecified atom stereocenters. The van der Waals surface area contributed by atoms with E-state index in [2.05, 4.69) is 15.5 Å². The molecule has 150 valence electrons. The molecule has 0 aliphatic carbocycles. The Balaban J connectivity index is 1.73. The summed E-state index contributed by atoms with van der Waals surface area (Å²) in [7, 11) is -0.695. The summed E-state index contributed by atoms with van der Waals surface area (Å²) < 4.78 is 30.6. The Kier molecular flexibility index (Phi) is 5.39. The van der Waals surface area contributed by atoms with Crippen molar-refractivity contribution in [3.63, 3.8) is 0 Å². The lowest BCUT2D eigenvalue weighted by atomic mass is 10.2. The van der Waals surface area contributed by atoms with Crippen molar-refractivity contribution in [1.29, 1.82) is 0 Å². The van der Waals surface area contributed by atoms with Crippen LogP contribution in [0.1, 0.15) is 10.4 Å². The van der Waals surface area contributed by atoms with E-state index in [9.17, 15) is 23.3 Å². The molecule has 3 rings (SSSR count). The van der Waals surface area contributed by atoms with E-state index in [0.717, 1.165) is 4.31 Å². The van der Waals surface area contributed by atoms with Crippen LogP contribution in [0.4, 0.5) is 11.7 Å². The summed E-state index contributed by atoms with van der Waals surface area (Å²) in [5.74, 6) is -0.500. The van der Waals surface area contributed by atoms with Gasteiger partial charge in [-0.25, -0.2) is 12.7 Å². The van der Waals surface area contributed by atoms with Gasteiger partial charge < -0.3 is 4.42 Å². The van der Waals surface area contributed by atoms with Gasteiger partial charge in [0.1, 0.15) is 0 Å². The third-order valence-corrected chi connectivity index (χ3v) is 5.69. The number of anilines is 1. The number of carbonyl (C=O) groups excluding carboxylic acids is 1. The standard InChI is InChI=1S/C17H15N5O6S/c1-21(2)29(26,27)14-9-5-12(6-10-14)16-19-20-17(28-16)18-15(23)11-3-7-13(8-4-11)22(24)25/h3-10H,1-2H3,(H,18,20,23). The molecule has 11 nitrogen and oxygen atoms in total. The van der Waals surface area contributed by atoms with E-state index in [-0.39, 0.29) is 28.1 Å². The second-order valence-corrected chi connectivity index (χ2v) is 8.13. The van der Waals surface area contributed by atoms with Gasteiger partial charge in [0.2, 0.25) is 15.9 Å². The highest BCUT2D eigenvalue weighted by Crippen LogP contribution is 2.23. The molecule has 0 spiro atoms. The minimum Gasteiger partial charge on any atom is -0.403 e. The van der Waals surface area contributed by atoms with Gasteiger partial charge in [0.05, 0.1) is 9.82 Å². The maximum Gasteiger partial charge on any atom is 0.322 e. The first-order valence-electron chi connectivity index (χ1n) is 8.11. The van der Waals surface area contributed by atoms with Crippen LogP contribution in [0.3, 0.4) is 0 Å². The largest absolute Gasteiger partial charge is 0.403 e. The number of nitro benzene ring substituents is 1. The quantitative estimate of drug-likeness (QED) is 0.474. The van der Waals surface area contributed by atoms with Crippen molar-refractivity contribution in [3.05, 3.63) is 64.2 Å². The lowest BCUT2D eigenvalue weighted by molar-refractivity contribution is -0.384. The minimum atomic E-state index is -3.56. The molecule has 2 aromatic carbocycles. The molecule has 0 saturated carbocycles. The summed E-state index contributed by atoms with van der Waals surface area (Å²) in [5, 5.41) is 20.6. The van der Waals surface area contributed by atoms with Crippen LogP contribution in [0.2, 0.25) is 0 Å². The summed E-state index contributed by atoms with van der Waals surface area (Å²) in [6.07, 6.45) is 0. The Hall–Kier alpha value is -3.64. The SMILES string of the molecule is CN(C)S(=O)(=O)c1ccc(-c2nnc(NC(=O)c3ccc([N+](=O)[O-])cc3)o2)cc1. The normalized spacial score (nSPS) is 11.4. The van der Waals surface area contributed by atoms with E-state index in [1.54, 1.807) is 0 Å². The smallest absolute Gasteiger partial charge is 0.322 e. The molecule has 0 aliphatic heterocycles. The predicted octanol–water partition coefficient (Wildman–Crippen LogP) is 2.15. The summed E-state index contributed by atoms with van der Waals surface area (Å²) >= 11 is 0. The molecular formula is C17H15N5O6S. The molecule has 1 amide bonds. The maximum absolute atomic E-state index is 12.2. The second-order valence-electron chi connectivity index (χ2n) is 5.98. The molecule has 12 heteroatoms. The molecule has 1 heterocycles. The molecule has 0 bridgehead atoms. The van der Waals surface area contributed by atoms with Crippen LogP contribution in [0.25, 0.3) is 11.5 Å².